The van der Waals surface area contributed by atoms with Crippen molar-refractivity contribution in [2.24, 2.45) is 5.92 Å². The highest BCUT2D eigenvalue weighted by Crippen LogP contribution is 2.33. The summed E-state index contributed by atoms with van der Waals surface area (Å²) in [6.07, 6.45) is 11.6. The largest absolute Gasteiger partial charge is 0.352 e. The molecule has 18 heavy (non-hydrogen) atoms. The van der Waals surface area contributed by atoms with Crippen molar-refractivity contribution < 1.29 is 4.79 Å². The van der Waals surface area contributed by atoms with Crippen molar-refractivity contribution in [3.05, 3.63) is 0 Å². The van der Waals surface area contributed by atoms with Gasteiger partial charge in [0, 0.05) is 6.04 Å². The Morgan fingerprint density at radius 1 is 1.17 bits per heavy atom. The van der Waals surface area contributed by atoms with Crippen molar-refractivity contribution in [1.82, 2.24) is 10.6 Å². The maximum absolute atomic E-state index is 12.0. The van der Waals surface area contributed by atoms with Gasteiger partial charge >= 0.3 is 0 Å². The molecule has 2 aliphatic rings. The zero-order chi connectivity index (χ0) is 12.8. The SMILES string of the molecule is CC(NCCCC1CC1)C(=O)NC1CCCCC1. The van der Waals surface area contributed by atoms with Gasteiger partial charge in [0.05, 0.1) is 6.04 Å². The van der Waals surface area contributed by atoms with Crippen molar-refractivity contribution in [1.29, 1.82) is 0 Å². The van der Waals surface area contributed by atoms with E-state index >= 15 is 0 Å². The minimum atomic E-state index is -0.0360. The second kappa shape index (κ2) is 7.13. The molecule has 0 saturated heterocycles. The standard InChI is InChI=1S/C15H28N2O/c1-12(16-11-5-6-13-9-10-13)15(18)17-14-7-3-2-4-8-14/h12-14,16H,2-11H2,1H3,(H,17,18). The van der Waals surface area contributed by atoms with Crippen molar-refractivity contribution in [2.75, 3.05) is 6.54 Å². The smallest absolute Gasteiger partial charge is 0.237 e. The minimum absolute atomic E-state index is 0.0360. The Hall–Kier alpha value is -0.570. The van der Waals surface area contributed by atoms with Crippen molar-refractivity contribution in [2.45, 2.75) is 76.8 Å². The van der Waals surface area contributed by atoms with Gasteiger partial charge in [-0.3, -0.25) is 4.79 Å². The normalized spacial score (nSPS) is 22.7. The maximum atomic E-state index is 12.0. The third kappa shape index (κ3) is 4.97. The van der Waals surface area contributed by atoms with Crippen LogP contribution in [0.3, 0.4) is 0 Å². The fourth-order valence-electron chi connectivity index (χ4n) is 2.78. The Bertz CT molecular complexity index is 257. The number of nitrogens with one attached hydrogen (secondary N) is 2. The molecular formula is C15H28N2O. The lowest BCUT2D eigenvalue weighted by atomic mass is 9.95. The van der Waals surface area contributed by atoms with Crippen molar-refractivity contribution >= 4 is 5.91 Å². The maximum Gasteiger partial charge on any atom is 0.237 e. The van der Waals surface area contributed by atoms with E-state index in [-0.39, 0.29) is 11.9 Å². The molecule has 104 valence electrons. The van der Waals surface area contributed by atoms with E-state index in [0.717, 1.165) is 12.5 Å². The fourth-order valence-corrected chi connectivity index (χ4v) is 2.78. The number of hydrogen-bond donors (Lipinski definition) is 2. The Balaban J connectivity index is 1.54. The highest BCUT2D eigenvalue weighted by Gasteiger charge is 2.21. The Labute approximate surface area is 111 Å². The van der Waals surface area contributed by atoms with Crippen molar-refractivity contribution in [3.63, 3.8) is 0 Å². The predicted octanol–water partition coefficient (Wildman–Crippen LogP) is 2.60. The summed E-state index contributed by atoms with van der Waals surface area (Å²) in [6, 6.07) is 0.396. The van der Waals surface area contributed by atoms with Crippen LogP contribution >= 0.6 is 0 Å². The number of carbonyl (C=O) groups is 1. The van der Waals surface area contributed by atoms with Gasteiger partial charge in [-0.1, -0.05) is 32.1 Å². The predicted molar refractivity (Wildman–Crippen MR) is 74.4 cm³/mol. The van der Waals surface area contributed by atoms with Gasteiger partial charge in [0.1, 0.15) is 0 Å². The van der Waals surface area contributed by atoms with Crippen LogP contribution in [0.4, 0.5) is 0 Å². The molecule has 3 nitrogen and oxygen atoms in total. The molecule has 0 aromatic carbocycles. The van der Waals surface area contributed by atoms with E-state index in [1.807, 2.05) is 6.92 Å². The summed E-state index contributed by atoms with van der Waals surface area (Å²) in [4.78, 5) is 12.0. The molecular weight excluding hydrogens is 224 g/mol. The van der Waals surface area contributed by atoms with E-state index in [2.05, 4.69) is 10.6 Å². The summed E-state index contributed by atoms with van der Waals surface area (Å²) < 4.78 is 0. The van der Waals surface area contributed by atoms with Gasteiger partial charge in [-0.15, -0.1) is 0 Å². The first-order chi connectivity index (χ1) is 8.75. The molecule has 0 aromatic heterocycles. The number of hydrogen-bond acceptors (Lipinski definition) is 2. The topological polar surface area (TPSA) is 41.1 Å². The molecule has 2 N–H and O–H groups in total. The molecule has 2 rings (SSSR count). The zero-order valence-corrected chi connectivity index (χ0v) is 11.7. The van der Waals surface area contributed by atoms with E-state index in [9.17, 15) is 4.79 Å². The Kier molecular flexibility index (Phi) is 5.48. The summed E-state index contributed by atoms with van der Waals surface area (Å²) >= 11 is 0. The molecule has 3 heteroatoms. The molecule has 0 bridgehead atoms. The second-order valence-electron chi connectivity index (χ2n) is 6.10. The van der Waals surface area contributed by atoms with Gasteiger partial charge in [-0.2, -0.15) is 0 Å². The van der Waals surface area contributed by atoms with Gasteiger partial charge in [0.25, 0.3) is 0 Å². The fraction of sp³-hybridized carbons (Fsp3) is 0.933. The molecule has 2 fully saturated rings. The number of amides is 1. The van der Waals surface area contributed by atoms with E-state index in [0.29, 0.717) is 6.04 Å². The van der Waals surface area contributed by atoms with Crippen LogP contribution in [0.5, 0.6) is 0 Å². The monoisotopic (exact) mass is 252 g/mol. The average Bonchev–Trinajstić information content (AvgIpc) is 3.19. The van der Waals surface area contributed by atoms with Gasteiger partial charge in [0.15, 0.2) is 0 Å². The molecule has 2 aliphatic carbocycles. The molecule has 1 unspecified atom stereocenters. The van der Waals surface area contributed by atoms with E-state index < -0.39 is 0 Å². The van der Waals surface area contributed by atoms with Gasteiger partial charge in [-0.05, 0) is 45.1 Å². The second-order valence-corrected chi connectivity index (χ2v) is 6.10. The number of carbonyl (C=O) groups excluding carboxylic acids is 1. The molecule has 0 heterocycles. The van der Waals surface area contributed by atoms with Crippen LogP contribution in [0.25, 0.3) is 0 Å². The van der Waals surface area contributed by atoms with Gasteiger partial charge in [-0.25, -0.2) is 0 Å². The summed E-state index contributed by atoms with van der Waals surface area (Å²) in [5.41, 5.74) is 0. The molecule has 0 aromatic rings. The summed E-state index contributed by atoms with van der Waals surface area (Å²) in [5, 5.41) is 6.52. The molecule has 0 spiro atoms. The summed E-state index contributed by atoms with van der Waals surface area (Å²) in [7, 11) is 0. The van der Waals surface area contributed by atoms with E-state index in [1.54, 1.807) is 0 Å². The van der Waals surface area contributed by atoms with Gasteiger partial charge in [0.2, 0.25) is 5.91 Å². The first kappa shape index (κ1) is 13.9. The van der Waals surface area contributed by atoms with Crippen LogP contribution in [-0.2, 0) is 4.79 Å². The lowest BCUT2D eigenvalue weighted by Gasteiger charge is -2.24. The van der Waals surface area contributed by atoms with E-state index in [4.69, 9.17) is 0 Å². The van der Waals surface area contributed by atoms with Crippen LogP contribution in [0, 0.1) is 5.92 Å². The van der Waals surface area contributed by atoms with Crippen LogP contribution < -0.4 is 10.6 Å². The number of rotatable bonds is 7. The average molecular weight is 252 g/mol. The Morgan fingerprint density at radius 3 is 2.56 bits per heavy atom. The van der Waals surface area contributed by atoms with Crippen molar-refractivity contribution in [3.8, 4) is 0 Å². The van der Waals surface area contributed by atoms with Crippen LogP contribution in [0.15, 0.2) is 0 Å². The molecule has 0 radical (unpaired) electrons. The molecule has 1 amide bonds. The highest BCUT2D eigenvalue weighted by atomic mass is 16.2. The van der Waals surface area contributed by atoms with Crippen LogP contribution in [0.2, 0.25) is 0 Å². The Morgan fingerprint density at radius 2 is 1.89 bits per heavy atom. The van der Waals surface area contributed by atoms with E-state index in [1.165, 1.54) is 57.8 Å². The quantitative estimate of drug-likeness (QED) is 0.684. The molecule has 0 aliphatic heterocycles. The van der Waals surface area contributed by atoms with Crippen LogP contribution in [-0.4, -0.2) is 24.5 Å². The minimum Gasteiger partial charge on any atom is -0.352 e. The lowest BCUT2D eigenvalue weighted by molar-refractivity contribution is -0.123. The third-order valence-corrected chi connectivity index (χ3v) is 4.28. The zero-order valence-electron chi connectivity index (χ0n) is 11.7. The molecule has 2 saturated carbocycles. The molecule has 1 atom stereocenters. The first-order valence-corrected chi connectivity index (χ1v) is 7.79. The third-order valence-electron chi connectivity index (χ3n) is 4.28. The first-order valence-electron chi connectivity index (χ1n) is 7.79. The van der Waals surface area contributed by atoms with Crippen LogP contribution in [0.1, 0.15) is 64.7 Å². The highest BCUT2D eigenvalue weighted by molar-refractivity contribution is 5.81. The lowest BCUT2D eigenvalue weighted by Crippen LogP contribution is -2.47. The van der Waals surface area contributed by atoms with Gasteiger partial charge < -0.3 is 10.6 Å². The summed E-state index contributed by atoms with van der Waals surface area (Å²) in [6.45, 7) is 2.96. The summed E-state index contributed by atoms with van der Waals surface area (Å²) in [5.74, 6) is 1.19.